The van der Waals surface area contributed by atoms with Crippen LogP contribution in [0.15, 0.2) is 0 Å². The van der Waals surface area contributed by atoms with Crippen LogP contribution in [0.4, 0.5) is 0 Å². The van der Waals surface area contributed by atoms with E-state index in [9.17, 15) is 4.79 Å². The number of carbonyl (C=O) groups is 1. The van der Waals surface area contributed by atoms with Crippen LogP contribution in [0, 0.1) is 0 Å². The summed E-state index contributed by atoms with van der Waals surface area (Å²) in [6.45, 7) is 5.17. The van der Waals surface area contributed by atoms with Gasteiger partial charge in [0.05, 0.1) is 0 Å². The Labute approximate surface area is 98.8 Å². The lowest BCUT2D eigenvalue weighted by atomic mass is 9.86. The van der Waals surface area contributed by atoms with Crippen LogP contribution < -0.4 is 5.73 Å². The van der Waals surface area contributed by atoms with E-state index in [1.807, 2.05) is 0 Å². The molecule has 1 rings (SSSR count). The molecule has 0 aromatic carbocycles. The van der Waals surface area contributed by atoms with E-state index in [0.29, 0.717) is 6.42 Å². The topological polar surface area (TPSA) is 49.6 Å². The first-order chi connectivity index (χ1) is 7.47. The molecule has 2 N–H and O–H groups in total. The third-order valence-electron chi connectivity index (χ3n) is 3.19. The maximum atomic E-state index is 11.3. The highest BCUT2D eigenvalue weighted by Crippen LogP contribution is 2.23. The second-order valence-corrected chi connectivity index (χ2v) is 5.21. The monoisotopic (exact) mass is 227 g/mol. The van der Waals surface area contributed by atoms with Gasteiger partial charge in [0.25, 0.3) is 0 Å². The Morgan fingerprint density at radius 3 is 2.56 bits per heavy atom. The third kappa shape index (κ3) is 3.76. The third-order valence-corrected chi connectivity index (χ3v) is 3.19. The largest absolute Gasteiger partial charge is 0.349 e. The molecule has 4 nitrogen and oxygen atoms in total. The van der Waals surface area contributed by atoms with Gasteiger partial charge in [0.1, 0.15) is 0 Å². The molecule has 16 heavy (non-hydrogen) atoms. The zero-order valence-electron chi connectivity index (χ0n) is 10.8. The molecule has 1 aliphatic rings. The van der Waals surface area contributed by atoms with Gasteiger partial charge >= 0.3 is 0 Å². The maximum Gasteiger partial charge on any atom is 0.222 e. The number of nitrogens with two attached hydrogens (primary N) is 1. The zero-order valence-corrected chi connectivity index (χ0v) is 10.8. The van der Waals surface area contributed by atoms with E-state index < -0.39 is 0 Å². The lowest BCUT2D eigenvalue weighted by Gasteiger charge is -2.48. The number of nitrogens with zero attached hydrogens (tertiary/aromatic N) is 2. The van der Waals surface area contributed by atoms with Crippen molar-refractivity contribution in [1.82, 2.24) is 9.80 Å². The molecule has 4 heteroatoms. The molecule has 1 fully saturated rings. The predicted octanol–water partition coefficient (Wildman–Crippen LogP) is 0.668. The first-order valence-corrected chi connectivity index (χ1v) is 6.18. The first kappa shape index (κ1) is 13.5. The van der Waals surface area contributed by atoms with Crippen LogP contribution in [0.25, 0.3) is 0 Å². The van der Waals surface area contributed by atoms with Crippen LogP contribution in [-0.4, -0.2) is 55.0 Å². The quantitative estimate of drug-likeness (QED) is 0.725. The van der Waals surface area contributed by atoms with E-state index in [0.717, 1.165) is 38.9 Å². The second kappa shape index (κ2) is 5.64. The number of carbonyl (C=O) groups excluding carboxylic acids is 1. The van der Waals surface area contributed by atoms with Crippen LogP contribution in [0.3, 0.4) is 0 Å². The van der Waals surface area contributed by atoms with Crippen LogP contribution in [-0.2, 0) is 4.79 Å². The molecule has 1 heterocycles. The minimum absolute atomic E-state index is 0.0559. The van der Waals surface area contributed by atoms with Crippen molar-refractivity contribution >= 4 is 5.91 Å². The minimum atomic E-state index is 0.0559. The van der Waals surface area contributed by atoms with Crippen molar-refractivity contribution in [2.24, 2.45) is 5.73 Å². The van der Waals surface area contributed by atoms with Gasteiger partial charge < -0.3 is 10.6 Å². The molecular formula is C12H25N3O. The average Bonchev–Trinajstić information content (AvgIpc) is 2.15. The van der Waals surface area contributed by atoms with Crippen LogP contribution in [0.1, 0.15) is 32.6 Å². The highest BCUT2D eigenvalue weighted by atomic mass is 16.2. The smallest absolute Gasteiger partial charge is 0.222 e. The standard InChI is InChI=1S/C12H25N3O/c1-4-7-12(13)9-15(10-12)8-5-6-11(16)14(2)3/h4-10,13H2,1-3H3. The number of amides is 1. The molecule has 1 amide bonds. The summed E-state index contributed by atoms with van der Waals surface area (Å²) in [6.07, 6.45) is 3.86. The van der Waals surface area contributed by atoms with Crippen molar-refractivity contribution in [3.8, 4) is 0 Å². The molecule has 0 atom stereocenters. The molecule has 94 valence electrons. The summed E-state index contributed by atoms with van der Waals surface area (Å²) in [6, 6.07) is 0. The number of likely N-dealkylation sites (tertiary alicyclic amines) is 1. The van der Waals surface area contributed by atoms with Gasteiger partial charge in [0.2, 0.25) is 5.91 Å². The molecule has 0 aromatic heterocycles. The van der Waals surface area contributed by atoms with E-state index in [1.165, 1.54) is 0 Å². The molecule has 0 unspecified atom stereocenters. The zero-order chi connectivity index (χ0) is 12.2. The highest BCUT2D eigenvalue weighted by molar-refractivity contribution is 5.75. The SMILES string of the molecule is CCCC1(N)CN(CCCC(=O)N(C)C)C1. The van der Waals surface area contributed by atoms with Gasteiger partial charge in [0, 0.05) is 39.1 Å². The van der Waals surface area contributed by atoms with E-state index in [4.69, 9.17) is 5.73 Å². The lowest BCUT2D eigenvalue weighted by molar-refractivity contribution is -0.128. The Balaban J connectivity index is 2.07. The molecule has 0 radical (unpaired) electrons. The van der Waals surface area contributed by atoms with Gasteiger partial charge in [-0.3, -0.25) is 9.69 Å². The van der Waals surface area contributed by atoms with Gasteiger partial charge in [-0.25, -0.2) is 0 Å². The van der Waals surface area contributed by atoms with Crippen molar-refractivity contribution in [1.29, 1.82) is 0 Å². The molecule has 0 saturated carbocycles. The van der Waals surface area contributed by atoms with Gasteiger partial charge in [-0.05, 0) is 19.4 Å². The predicted molar refractivity (Wildman–Crippen MR) is 66.2 cm³/mol. The normalized spacial score (nSPS) is 19.2. The number of hydrogen-bond donors (Lipinski definition) is 1. The summed E-state index contributed by atoms with van der Waals surface area (Å²) in [5.74, 6) is 0.216. The van der Waals surface area contributed by atoms with Crippen molar-refractivity contribution in [3.05, 3.63) is 0 Å². The van der Waals surface area contributed by atoms with Crippen LogP contribution >= 0.6 is 0 Å². The Morgan fingerprint density at radius 1 is 1.44 bits per heavy atom. The van der Waals surface area contributed by atoms with Crippen molar-refractivity contribution in [3.63, 3.8) is 0 Å². The average molecular weight is 227 g/mol. The summed E-state index contributed by atoms with van der Waals surface area (Å²) in [5, 5.41) is 0. The number of rotatable bonds is 6. The summed E-state index contributed by atoms with van der Waals surface area (Å²) in [5.41, 5.74) is 6.22. The molecule has 0 spiro atoms. The van der Waals surface area contributed by atoms with Crippen LogP contribution in [0.2, 0.25) is 0 Å². The summed E-state index contributed by atoms with van der Waals surface area (Å²) >= 11 is 0. The summed E-state index contributed by atoms with van der Waals surface area (Å²) in [7, 11) is 3.61. The van der Waals surface area contributed by atoms with Gasteiger partial charge in [0.15, 0.2) is 0 Å². The van der Waals surface area contributed by atoms with E-state index in [-0.39, 0.29) is 11.4 Å². The second-order valence-electron chi connectivity index (χ2n) is 5.21. The Hall–Kier alpha value is -0.610. The molecule has 0 aromatic rings. The van der Waals surface area contributed by atoms with Crippen molar-refractivity contribution < 1.29 is 4.79 Å². The molecule has 0 bridgehead atoms. The molecular weight excluding hydrogens is 202 g/mol. The fourth-order valence-corrected chi connectivity index (χ4v) is 2.34. The maximum absolute atomic E-state index is 11.3. The lowest BCUT2D eigenvalue weighted by Crippen LogP contribution is -2.67. The Kier molecular flexibility index (Phi) is 4.74. The van der Waals surface area contributed by atoms with E-state index in [2.05, 4.69) is 11.8 Å². The van der Waals surface area contributed by atoms with Crippen LogP contribution in [0.5, 0.6) is 0 Å². The fourth-order valence-electron chi connectivity index (χ4n) is 2.34. The molecule has 1 saturated heterocycles. The fraction of sp³-hybridized carbons (Fsp3) is 0.917. The Bertz CT molecular complexity index is 234. The molecule has 1 aliphatic heterocycles. The van der Waals surface area contributed by atoms with Gasteiger partial charge in [-0.1, -0.05) is 13.3 Å². The van der Waals surface area contributed by atoms with E-state index in [1.54, 1.807) is 19.0 Å². The van der Waals surface area contributed by atoms with Crippen molar-refractivity contribution in [2.75, 3.05) is 33.7 Å². The highest BCUT2D eigenvalue weighted by Gasteiger charge is 2.37. The first-order valence-electron chi connectivity index (χ1n) is 6.18. The van der Waals surface area contributed by atoms with E-state index >= 15 is 0 Å². The van der Waals surface area contributed by atoms with Crippen molar-refractivity contribution in [2.45, 2.75) is 38.1 Å². The van der Waals surface area contributed by atoms with Gasteiger partial charge in [-0.2, -0.15) is 0 Å². The summed E-state index contributed by atoms with van der Waals surface area (Å²) < 4.78 is 0. The molecule has 0 aliphatic carbocycles. The minimum Gasteiger partial charge on any atom is -0.349 e. The Morgan fingerprint density at radius 2 is 2.06 bits per heavy atom. The number of hydrogen-bond acceptors (Lipinski definition) is 3. The summed E-state index contributed by atoms with van der Waals surface area (Å²) in [4.78, 5) is 15.3. The van der Waals surface area contributed by atoms with Gasteiger partial charge in [-0.15, -0.1) is 0 Å².